The number of hydrogen-bond donors (Lipinski definition) is 2. The van der Waals surface area contributed by atoms with Gasteiger partial charge in [-0.15, -0.1) is 0 Å². The average Bonchev–Trinajstić information content (AvgIpc) is 2.45. The fraction of sp³-hybridized carbons (Fsp3) is 0.0714. The Hall–Kier alpha value is -1.53. The van der Waals surface area contributed by atoms with Gasteiger partial charge in [-0.25, -0.2) is 0 Å². The van der Waals surface area contributed by atoms with E-state index in [1.165, 1.54) is 0 Å². The largest absolute Gasteiger partial charge is 0.488 e. The summed E-state index contributed by atoms with van der Waals surface area (Å²) in [5.74, 6) is 0.753. The van der Waals surface area contributed by atoms with Gasteiger partial charge >= 0.3 is 0 Å². The molecule has 4 nitrogen and oxygen atoms in total. The lowest BCUT2D eigenvalue weighted by molar-refractivity contribution is 0.304. The molecule has 0 heterocycles. The van der Waals surface area contributed by atoms with Crippen LogP contribution in [0.25, 0.3) is 0 Å². The number of rotatable bonds is 4. The highest BCUT2D eigenvalue weighted by molar-refractivity contribution is 9.10. The zero-order valence-electron chi connectivity index (χ0n) is 10.4. The SMILES string of the molecule is N/C(=N/O)c1ccc(OCc2cccc(Br)c2)c(Br)c1. The van der Waals surface area contributed by atoms with Crippen molar-refractivity contribution in [1.29, 1.82) is 0 Å². The van der Waals surface area contributed by atoms with Crippen molar-refractivity contribution in [3.63, 3.8) is 0 Å². The fourth-order valence-corrected chi connectivity index (χ4v) is 2.56. The molecular formula is C14H12Br2N2O2. The summed E-state index contributed by atoms with van der Waals surface area (Å²) in [7, 11) is 0. The van der Waals surface area contributed by atoms with Crippen LogP contribution in [0.3, 0.4) is 0 Å². The molecule has 0 saturated carbocycles. The molecule has 0 fully saturated rings. The summed E-state index contributed by atoms with van der Waals surface area (Å²) >= 11 is 6.83. The van der Waals surface area contributed by atoms with Crippen molar-refractivity contribution in [2.45, 2.75) is 6.61 Å². The molecule has 3 N–H and O–H groups in total. The maximum Gasteiger partial charge on any atom is 0.170 e. The number of benzene rings is 2. The van der Waals surface area contributed by atoms with Gasteiger partial charge in [-0.05, 0) is 51.8 Å². The van der Waals surface area contributed by atoms with Gasteiger partial charge in [-0.3, -0.25) is 0 Å². The normalized spacial score (nSPS) is 11.4. The van der Waals surface area contributed by atoms with Crippen LogP contribution in [0.4, 0.5) is 0 Å². The summed E-state index contributed by atoms with van der Waals surface area (Å²) in [6.45, 7) is 0.459. The molecule has 2 rings (SSSR count). The monoisotopic (exact) mass is 398 g/mol. The Morgan fingerprint density at radius 2 is 2.00 bits per heavy atom. The first kappa shape index (κ1) is 14.9. The highest BCUT2D eigenvalue weighted by atomic mass is 79.9. The topological polar surface area (TPSA) is 67.8 Å². The van der Waals surface area contributed by atoms with E-state index in [-0.39, 0.29) is 5.84 Å². The Kier molecular flexibility index (Phi) is 5.03. The third kappa shape index (κ3) is 3.74. The fourth-order valence-electron chi connectivity index (χ4n) is 1.62. The molecule has 0 aliphatic carbocycles. The van der Waals surface area contributed by atoms with E-state index in [2.05, 4.69) is 37.0 Å². The Labute approximate surface area is 133 Å². The van der Waals surface area contributed by atoms with E-state index in [1.54, 1.807) is 18.2 Å². The first-order valence-corrected chi connectivity index (χ1v) is 7.33. The third-order valence-electron chi connectivity index (χ3n) is 2.62. The van der Waals surface area contributed by atoms with E-state index in [1.807, 2.05) is 24.3 Å². The van der Waals surface area contributed by atoms with Gasteiger partial charge in [0.15, 0.2) is 5.84 Å². The van der Waals surface area contributed by atoms with E-state index < -0.39 is 0 Å². The van der Waals surface area contributed by atoms with Crippen molar-refractivity contribution in [3.05, 3.63) is 62.5 Å². The lowest BCUT2D eigenvalue weighted by Gasteiger charge is -2.09. The van der Waals surface area contributed by atoms with E-state index in [9.17, 15) is 0 Å². The second kappa shape index (κ2) is 6.76. The summed E-state index contributed by atoms with van der Waals surface area (Å²) in [6.07, 6.45) is 0. The summed E-state index contributed by atoms with van der Waals surface area (Å²) < 4.78 is 7.50. The summed E-state index contributed by atoms with van der Waals surface area (Å²) in [6, 6.07) is 13.2. The molecule has 0 aliphatic rings. The van der Waals surface area contributed by atoms with Crippen LogP contribution in [0.2, 0.25) is 0 Å². The standard InChI is InChI=1S/C14H12Br2N2O2/c15-11-3-1-2-9(6-11)8-20-13-5-4-10(7-12(13)16)14(17)18-19/h1-7,19H,8H2,(H2,17,18). The van der Waals surface area contributed by atoms with Gasteiger partial charge in [-0.1, -0.05) is 33.2 Å². The smallest absolute Gasteiger partial charge is 0.170 e. The minimum atomic E-state index is 0.0595. The molecule has 0 saturated heterocycles. The van der Waals surface area contributed by atoms with Crippen molar-refractivity contribution < 1.29 is 9.94 Å². The van der Waals surface area contributed by atoms with E-state index in [4.69, 9.17) is 15.7 Å². The van der Waals surface area contributed by atoms with Crippen molar-refractivity contribution in [2.24, 2.45) is 10.9 Å². The van der Waals surface area contributed by atoms with Crippen LogP contribution in [0, 0.1) is 0 Å². The summed E-state index contributed by atoms with van der Waals surface area (Å²) in [4.78, 5) is 0. The van der Waals surface area contributed by atoms with Gasteiger partial charge in [0.2, 0.25) is 0 Å². The van der Waals surface area contributed by atoms with Crippen LogP contribution in [-0.2, 0) is 6.61 Å². The predicted octanol–water partition coefficient (Wildman–Crippen LogP) is 3.89. The van der Waals surface area contributed by atoms with Crippen LogP contribution in [0.15, 0.2) is 56.6 Å². The van der Waals surface area contributed by atoms with Gasteiger partial charge < -0.3 is 15.7 Å². The molecular weight excluding hydrogens is 388 g/mol. The quantitative estimate of drug-likeness (QED) is 0.354. The lowest BCUT2D eigenvalue weighted by atomic mass is 10.2. The molecule has 0 amide bonds. The first-order chi connectivity index (χ1) is 9.60. The molecule has 0 aliphatic heterocycles. The van der Waals surface area contributed by atoms with Crippen molar-refractivity contribution in [1.82, 2.24) is 0 Å². The highest BCUT2D eigenvalue weighted by Gasteiger charge is 2.06. The number of nitrogens with two attached hydrogens (primary N) is 1. The lowest BCUT2D eigenvalue weighted by Crippen LogP contribution is -2.12. The zero-order valence-corrected chi connectivity index (χ0v) is 13.6. The Morgan fingerprint density at radius 3 is 2.65 bits per heavy atom. The van der Waals surface area contributed by atoms with Crippen LogP contribution in [0.1, 0.15) is 11.1 Å². The van der Waals surface area contributed by atoms with E-state index in [0.717, 1.165) is 14.5 Å². The molecule has 20 heavy (non-hydrogen) atoms. The maximum absolute atomic E-state index is 8.64. The van der Waals surface area contributed by atoms with Crippen molar-refractivity contribution in [2.75, 3.05) is 0 Å². The van der Waals surface area contributed by atoms with Crippen LogP contribution < -0.4 is 10.5 Å². The molecule has 0 aromatic heterocycles. The second-order valence-corrected chi connectivity index (χ2v) is 5.82. The Bertz CT molecular complexity index is 645. The zero-order chi connectivity index (χ0) is 14.5. The Balaban J connectivity index is 2.11. The minimum Gasteiger partial charge on any atom is -0.488 e. The molecule has 2 aromatic carbocycles. The number of ether oxygens (including phenoxy) is 1. The first-order valence-electron chi connectivity index (χ1n) is 5.75. The van der Waals surface area contributed by atoms with Gasteiger partial charge in [-0.2, -0.15) is 0 Å². The summed E-state index contributed by atoms with van der Waals surface area (Å²) in [5, 5.41) is 11.6. The van der Waals surface area contributed by atoms with Gasteiger partial charge in [0.1, 0.15) is 12.4 Å². The molecule has 2 aromatic rings. The second-order valence-electron chi connectivity index (χ2n) is 4.05. The van der Waals surface area contributed by atoms with Gasteiger partial charge in [0, 0.05) is 10.0 Å². The van der Waals surface area contributed by atoms with Crippen molar-refractivity contribution >= 4 is 37.7 Å². The van der Waals surface area contributed by atoms with E-state index >= 15 is 0 Å². The number of oxime groups is 1. The molecule has 0 unspecified atom stereocenters. The molecule has 0 spiro atoms. The molecule has 6 heteroatoms. The number of halogens is 2. The number of amidine groups is 1. The van der Waals surface area contributed by atoms with Crippen molar-refractivity contribution in [3.8, 4) is 5.75 Å². The van der Waals surface area contributed by atoms with Crippen LogP contribution >= 0.6 is 31.9 Å². The molecule has 104 valence electrons. The van der Waals surface area contributed by atoms with Crippen LogP contribution in [0.5, 0.6) is 5.75 Å². The van der Waals surface area contributed by atoms with E-state index in [0.29, 0.717) is 17.9 Å². The minimum absolute atomic E-state index is 0.0595. The maximum atomic E-state index is 8.64. The van der Waals surface area contributed by atoms with Gasteiger partial charge in [0.05, 0.1) is 4.47 Å². The summed E-state index contributed by atoms with van der Waals surface area (Å²) in [5.41, 5.74) is 7.21. The van der Waals surface area contributed by atoms with Crippen LogP contribution in [-0.4, -0.2) is 11.0 Å². The van der Waals surface area contributed by atoms with Gasteiger partial charge in [0.25, 0.3) is 0 Å². The number of nitrogens with zero attached hydrogens (tertiary/aromatic N) is 1. The molecule has 0 radical (unpaired) electrons. The number of hydrogen-bond acceptors (Lipinski definition) is 3. The Morgan fingerprint density at radius 1 is 1.20 bits per heavy atom. The third-order valence-corrected chi connectivity index (χ3v) is 3.73. The highest BCUT2D eigenvalue weighted by Crippen LogP contribution is 2.27. The average molecular weight is 400 g/mol. The molecule has 0 atom stereocenters. The predicted molar refractivity (Wildman–Crippen MR) is 85.1 cm³/mol. The molecule has 0 bridgehead atoms.